The van der Waals surface area contributed by atoms with Crippen LogP contribution < -0.4 is 5.32 Å². The normalized spacial score (nSPS) is 12.2. The lowest BCUT2D eigenvalue weighted by Gasteiger charge is -2.18. The highest BCUT2D eigenvalue weighted by Gasteiger charge is 2.24. The minimum Gasteiger partial charge on any atom is -0.383 e. The predicted molar refractivity (Wildman–Crippen MR) is 72.5 cm³/mol. The van der Waals surface area contributed by atoms with Crippen molar-refractivity contribution in [3.8, 4) is 0 Å². The third-order valence-electron chi connectivity index (χ3n) is 2.74. The van der Waals surface area contributed by atoms with Crippen LogP contribution in [-0.4, -0.2) is 62.9 Å². The molecule has 0 unspecified atom stereocenters. The summed E-state index contributed by atoms with van der Waals surface area (Å²) in [7, 11) is -0.0882. The summed E-state index contributed by atoms with van der Waals surface area (Å²) in [6.45, 7) is 4.31. The predicted octanol–water partition coefficient (Wildman–Crippen LogP) is -0.240. The maximum absolute atomic E-state index is 12.4. The maximum atomic E-state index is 12.4. The third-order valence-corrected chi connectivity index (χ3v) is 4.66. The van der Waals surface area contributed by atoms with E-state index < -0.39 is 10.0 Å². The first-order valence-electron chi connectivity index (χ1n) is 6.22. The molecule has 0 aliphatic carbocycles. The smallest absolute Gasteiger partial charge is 0.246 e. The number of hydrogen-bond acceptors (Lipinski definition) is 5. The van der Waals surface area contributed by atoms with E-state index in [0.29, 0.717) is 26.2 Å². The van der Waals surface area contributed by atoms with Gasteiger partial charge in [-0.25, -0.2) is 8.42 Å². The lowest BCUT2D eigenvalue weighted by Crippen LogP contribution is -2.33. The Morgan fingerprint density at radius 3 is 2.84 bits per heavy atom. The Balaban J connectivity index is 2.82. The van der Waals surface area contributed by atoms with E-state index in [1.165, 1.54) is 10.5 Å². The number of sulfonamides is 1. The molecule has 0 aliphatic heterocycles. The summed E-state index contributed by atoms with van der Waals surface area (Å²) in [6.07, 6.45) is 2.95. The van der Waals surface area contributed by atoms with Crippen LogP contribution in [0.25, 0.3) is 0 Å². The monoisotopic (exact) mass is 290 g/mol. The van der Waals surface area contributed by atoms with Crippen molar-refractivity contribution in [2.24, 2.45) is 0 Å². The Hall–Kier alpha value is -0.960. The van der Waals surface area contributed by atoms with Crippen LogP contribution in [0.3, 0.4) is 0 Å². The first-order valence-corrected chi connectivity index (χ1v) is 7.66. The topological polar surface area (TPSA) is 76.5 Å². The van der Waals surface area contributed by atoms with Crippen LogP contribution in [0.4, 0.5) is 0 Å². The molecular weight excluding hydrogens is 268 g/mol. The van der Waals surface area contributed by atoms with Gasteiger partial charge in [-0.15, -0.1) is 0 Å². The molecule has 1 heterocycles. The molecule has 1 N–H and O–H groups in total. The molecule has 0 atom stereocenters. The van der Waals surface area contributed by atoms with Crippen molar-refractivity contribution in [3.63, 3.8) is 0 Å². The van der Waals surface area contributed by atoms with Crippen LogP contribution in [0, 0.1) is 0 Å². The van der Waals surface area contributed by atoms with Gasteiger partial charge in [-0.3, -0.25) is 4.68 Å². The van der Waals surface area contributed by atoms with E-state index in [9.17, 15) is 8.42 Å². The second-order valence-electron chi connectivity index (χ2n) is 4.03. The van der Waals surface area contributed by atoms with Crippen molar-refractivity contribution < 1.29 is 13.2 Å². The highest BCUT2D eigenvalue weighted by molar-refractivity contribution is 7.89. The molecule has 1 rings (SSSR count). The minimum atomic E-state index is -3.48. The van der Waals surface area contributed by atoms with Crippen LogP contribution in [0.2, 0.25) is 0 Å². The minimum absolute atomic E-state index is 0.224. The lowest BCUT2D eigenvalue weighted by molar-refractivity contribution is 0.180. The van der Waals surface area contributed by atoms with E-state index in [1.54, 1.807) is 24.9 Å². The van der Waals surface area contributed by atoms with E-state index in [-0.39, 0.29) is 4.90 Å². The van der Waals surface area contributed by atoms with Crippen LogP contribution >= 0.6 is 0 Å². The molecule has 0 fully saturated rings. The molecule has 0 saturated carbocycles. The summed E-state index contributed by atoms with van der Waals surface area (Å²) in [5.41, 5.74) is 0. The molecule has 0 saturated heterocycles. The van der Waals surface area contributed by atoms with Gasteiger partial charge in [-0.2, -0.15) is 9.40 Å². The van der Waals surface area contributed by atoms with Crippen LogP contribution in [0.5, 0.6) is 0 Å². The van der Waals surface area contributed by atoms with Gasteiger partial charge in [0.2, 0.25) is 10.0 Å². The molecule has 1 aromatic rings. The van der Waals surface area contributed by atoms with E-state index in [2.05, 4.69) is 10.4 Å². The molecule has 0 bridgehead atoms. The number of nitrogens with zero attached hydrogens (tertiary/aromatic N) is 3. The van der Waals surface area contributed by atoms with E-state index >= 15 is 0 Å². The Morgan fingerprint density at radius 2 is 2.26 bits per heavy atom. The molecule has 7 nitrogen and oxygen atoms in total. The SMILES string of the molecule is CCN(CCOC)S(=O)(=O)c1cnn(CCNC)c1. The number of nitrogens with one attached hydrogen (secondary N) is 1. The average molecular weight is 290 g/mol. The van der Waals surface area contributed by atoms with Crippen LogP contribution in [0.1, 0.15) is 6.92 Å². The third kappa shape index (κ3) is 4.27. The number of rotatable bonds is 9. The summed E-state index contributed by atoms with van der Waals surface area (Å²) in [4.78, 5) is 0.224. The summed E-state index contributed by atoms with van der Waals surface area (Å²) >= 11 is 0. The lowest BCUT2D eigenvalue weighted by atomic mass is 10.6. The first kappa shape index (κ1) is 16.1. The van der Waals surface area contributed by atoms with Crippen molar-refractivity contribution in [3.05, 3.63) is 12.4 Å². The second kappa shape index (κ2) is 7.59. The molecule has 110 valence electrons. The van der Waals surface area contributed by atoms with Gasteiger partial charge in [0.1, 0.15) is 4.90 Å². The van der Waals surface area contributed by atoms with Crippen molar-refractivity contribution in [1.82, 2.24) is 19.4 Å². The number of ether oxygens (including phenoxy) is 1. The average Bonchev–Trinajstić information content (AvgIpc) is 2.86. The van der Waals surface area contributed by atoms with Gasteiger partial charge >= 0.3 is 0 Å². The Kier molecular flexibility index (Phi) is 6.43. The second-order valence-corrected chi connectivity index (χ2v) is 5.97. The van der Waals surface area contributed by atoms with Gasteiger partial charge in [0.05, 0.1) is 19.3 Å². The van der Waals surface area contributed by atoms with Crippen molar-refractivity contribution in [2.45, 2.75) is 18.4 Å². The van der Waals surface area contributed by atoms with Gasteiger partial charge in [0, 0.05) is 32.9 Å². The highest BCUT2D eigenvalue weighted by atomic mass is 32.2. The molecule has 0 spiro atoms. The van der Waals surface area contributed by atoms with Crippen molar-refractivity contribution in [2.75, 3.05) is 40.4 Å². The number of hydrogen-bond donors (Lipinski definition) is 1. The van der Waals surface area contributed by atoms with Crippen molar-refractivity contribution >= 4 is 10.0 Å². The van der Waals surface area contributed by atoms with E-state index in [1.807, 2.05) is 7.05 Å². The molecule has 0 amide bonds. The zero-order chi connectivity index (χ0) is 14.3. The van der Waals surface area contributed by atoms with Gasteiger partial charge < -0.3 is 10.1 Å². The first-order chi connectivity index (χ1) is 9.06. The molecule has 8 heteroatoms. The zero-order valence-electron chi connectivity index (χ0n) is 11.7. The standard InChI is InChI=1S/C11H22N4O3S/c1-4-15(7-8-18-3)19(16,17)11-9-13-14(10-11)6-5-12-2/h9-10,12H,4-8H2,1-3H3. The van der Waals surface area contributed by atoms with Crippen LogP contribution in [0.15, 0.2) is 17.3 Å². The van der Waals surface area contributed by atoms with Gasteiger partial charge in [-0.05, 0) is 7.05 Å². The molecule has 0 aromatic carbocycles. The Labute approximate surface area is 114 Å². The van der Waals surface area contributed by atoms with Gasteiger partial charge in [0.25, 0.3) is 0 Å². The Morgan fingerprint density at radius 1 is 1.53 bits per heavy atom. The molecule has 0 radical (unpaired) electrons. The highest BCUT2D eigenvalue weighted by Crippen LogP contribution is 2.14. The van der Waals surface area contributed by atoms with E-state index in [4.69, 9.17) is 4.74 Å². The molecule has 1 aromatic heterocycles. The molecule has 0 aliphatic rings. The quantitative estimate of drug-likeness (QED) is 0.679. The number of methoxy groups -OCH3 is 1. The fourth-order valence-electron chi connectivity index (χ4n) is 1.62. The number of aromatic nitrogens is 2. The van der Waals surface area contributed by atoms with Gasteiger partial charge in [-0.1, -0.05) is 6.92 Å². The fraction of sp³-hybridized carbons (Fsp3) is 0.727. The maximum Gasteiger partial charge on any atom is 0.246 e. The summed E-state index contributed by atoms with van der Waals surface area (Å²) in [5.74, 6) is 0. The fourth-order valence-corrected chi connectivity index (χ4v) is 3.01. The summed E-state index contributed by atoms with van der Waals surface area (Å²) in [5, 5.41) is 7.05. The number of likely N-dealkylation sites (N-methyl/N-ethyl adjacent to an activating group) is 2. The largest absolute Gasteiger partial charge is 0.383 e. The Bertz CT molecular complexity index is 472. The molecule has 19 heavy (non-hydrogen) atoms. The van der Waals surface area contributed by atoms with Crippen LogP contribution in [-0.2, 0) is 21.3 Å². The summed E-state index contributed by atoms with van der Waals surface area (Å²) < 4.78 is 32.6. The zero-order valence-corrected chi connectivity index (χ0v) is 12.5. The summed E-state index contributed by atoms with van der Waals surface area (Å²) in [6, 6.07) is 0. The van der Waals surface area contributed by atoms with Gasteiger partial charge in [0.15, 0.2) is 0 Å². The van der Waals surface area contributed by atoms with E-state index in [0.717, 1.165) is 6.54 Å². The van der Waals surface area contributed by atoms with Crippen molar-refractivity contribution in [1.29, 1.82) is 0 Å². The molecular formula is C11H22N4O3S.